The van der Waals surface area contributed by atoms with Crippen LogP contribution in [0.4, 0.5) is 0 Å². The molecule has 1 aromatic rings. The van der Waals surface area contributed by atoms with Crippen molar-refractivity contribution < 1.29 is 13.7 Å². The van der Waals surface area contributed by atoms with E-state index in [9.17, 15) is 0 Å². The maximum absolute atomic E-state index is 6.45. The number of hydrogen-bond donors (Lipinski definition) is 0. The van der Waals surface area contributed by atoms with E-state index < -0.39 is 8.32 Å². The Morgan fingerprint density at radius 3 is 1.96 bits per heavy atom. The second-order valence-electron chi connectivity index (χ2n) is 9.17. The largest absolute Gasteiger partial charge is 0.543 e. The molecule has 3 nitrogen and oxygen atoms in total. The zero-order chi connectivity index (χ0) is 18.6. The Bertz CT molecular complexity index is 607. The minimum atomic E-state index is -1.89. The van der Waals surface area contributed by atoms with Crippen molar-refractivity contribution in [2.75, 3.05) is 0 Å². The fourth-order valence-electron chi connectivity index (χ4n) is 2.21. The maximum Gasteiger partial charge on any atom is 0.495 e. The summed E-state index contributed by atoms with van der Waals surface area (Å²) < 4.78 is 19.8. The summed E-state index contributed by atoms with van der Waals surface area (Å²) in [7, 11) is -2.27. The van der Waals surface area contributed by atoms with E-state index in [-0.39, 0.29) is 23.4 Å². The molecule has 0 spiro atoms. The SMILES string of the molecule is CC1(C)OB(c2cc(Br)cc(O[Si](C)(C)C(C)(C)C)c2)OC1(C)C. The molecule has 1 saturated heterocycles. The highest BCUT2D eigenvalue weighted by Crippen LogP contribution is 2.39. The zero-order valence-electron chi connectivity index (χ0n) is 16.4. The minimum absolute atomic E-state index is 0.153. The minimum Gasteiger partial charge on any atom is -0.543 e. The Balaban J connectivity index is 2.31. The normalized spacial score (nSPS) is 20.3. The molecule has 1 aliphatic heterocycles. The predicted octanol–water partition coefficient (Wildman–Crippen LogP) is 5.13. The average Bonchev–Trinajstić information content (AvgIpc) is 2.55. The van der Waals surface area contributed by atoms with Crippen LogP contribution in [0.1, 0.15) is 48.5 Å². The van der Waals surface area contributed by atoms with Gasteiger partial charge in [-0.3, -0.25) is 0 Å². The van der Waals surface area contributed by atoms with E-state index in [4.69, 9.17) is 13.7 Å². The van der Waals surface area contributed by atoms with Gasteiger partial charge in [0, 0.05) is 4.47 Å². The summed E-state index contributed by atoms with van der Waals surface area (Å²) in [4.78, 5) is 0. The lowest BCUT2D eigenvalue weighted by atomic mass is 9.79. The van der Waals surface area contributed by atoms with Crippen LogP contribution < -0.4 is 9.89 Å². The molecule has 0 atom stereocenters. The molecular formula is C18H30BBrO3Si. The topological polar surface area (TPSA) is 27.7 Å². The van der Waals surface area contributed by atoms with Crippen LogP contribution in [0.15, 0.2) is 22.7 Å². The summed E-state index contributed by atoms with van der Waals surface area (Å²) in [5.41, 5.74) is 0.290. The highest BCUT2D eigenvalue weighted by Gasteiger charge is 2.52. The van der Waals surface area contributed by atoms with Gasteiger partial charge in [0.15, 0.2) is 0 Å². The lowest BCUT2D eigenvalue weighted by Gasteiger charge is -2.36. The maximum atomic E-state index is 6.45. The smallest absolute Gasteiger partial charge is 0.495 e. The molecule has 0 amide bonds. The van der Waals surface area contributed by atoms with Crippen molar-refractivity contribution in [3.8, 4) is 5.75 Å². The lowest BCUT2D eigenvalue weighted by Crippen LogP contribution is -2.44. The van der Waals surface area contributed by atoms with Crippen LogP contribution in [0.2, 0.25) is 18.1 Å². The van der Waals surface area contributed by atoms with E-state index in [1.54, 1.807) is 0 Å². The van der Waals surface area contributed by atoms with Crippen LogP contribution in [0.25, 0.3) is 0 Å². The molecule has 1 aromatic carbocycles. The van der Waals surface area contributed by atoms with Gasteiger partial charge in [-0.2, -0.15) is 0 Å². The molecule has 24 heavy (non-hydrogen) atoms. The Labute approximate surface area is 156 Å². The van der Waals surface area contributed by atoms with E-state index in [1.807, 2.05) is 18.2 Å². The summed E-state index contributed by atoms with van der Waals surface area (Å²) >= 11 is 3.60. The van der Waals surface area contributed by atoms with Crippen LogP contribution in [0.3, 0.4) is 0 Å². The highest BCUT2D eigenvalue weighted by molar-refractivity contribution is 9.10. The first-order valence-electron chi connectivity index (χ1n) is 8.50. The number of benzene rings is 1. The van der Waals surface area contributed by atoms with Gasteiger partial charge < -0.3 is 13.7 Å². The molecule has 6 heteroatoms. The first kappa shape index (κ1) is 20.0. The fraction of sp³-hybridized carbons (Fsp3) is 0.667. The molecule has 1 fully saturated rings. The standard InChI is InChI=1S/C18H30BBrO3Si/c1-16(2,3)24(8,9)21-15-11-13(10-14(20)12-15)19-22-17(4,5)18(6,7)23-19/h10-12H,1-9H3. The van der Waals surface area contributed by atoms with Gasteiger partial charge in [0.25, 0.3) is 0 Å². The molecule has 0 radical (unpaired) electrons. The second-order valence-corrected chi connectivity index (χ2v) is 14.8. The van der Waals surface area contributed by atoms with Crippen molar-refractivity contribution in [2.24, 2.45) is 0 Å². The third kappa shape index (κ3) is 3.92. The first-order chi connectivity index (χ1) is 10.6. The number of hydrogen-bond acceptors (Lipinski definition) is 3. The summed E-state index contributed by atoms with van der Waals surface area (Å²) in [6.07, 6.45) is 0. The number of halogens is 1. The molecule has 134 valence electrons. The third-order valence-corrected chi connectivity index (χ3v) is 10.4. The molecule has 0 unspecified atom stereocenters. The van der Waals surface area contributed by atoms with E-state index in [2.05, 4.69) is 77.5 Å². The molecule has 0 aliphatic carbocycles. The van der Waals surface area contributed by atoms with Crippen LogP contribution >= 0.6 is 15.9 Å². The quantitative estimate of drug-likeness (QED) is 0.643. The van der Waals surface area contributed by atoms with E-state index >= 15 is 0 Å². The Morgan fingerprint density at radius 2 is 1.50 bits per heavy atom. The van der Waals surface area contributed by atoms with Crippen molar-refractivity contribution in [1.82, 2.24) is 0 Å². The Morgan fingerprint density at radius 1 is 1.00 bits per heavy atom. The van der Waals surface area contributed by atoms with Crippen molar-refractivity contribution in [1.29, 1.82) is 0 Å². The van der Waals surface area contributed by atoms with Gasteiger partial charge in [-0.15, -0.1) is 0 Å². The summed E-state index contributed by atoms with van der Waals surface area (Å²) in [5.74, 6) is 0.876. The summed E-state index contributed by atoms with van der Waals surface area (Å²) in [6.45, 7) is 19.5. The van der Waals surface area contributed by atoms with Gasteiger partial charge in [-0.05, 0) is 69.5 Å². The van der Waals surface area contributed by atoms with Gasteiger partial charge in [0.2, 0.25) is 8.32 Å². The molecule has 0 N–H and O–H groups in total. The zero-order valence-corrected chi connectivity index (χ0v) is 19.0. The molecular weight excluding hydrogens is 383 g/mol. The van der Waals surface area contributed by atoms with Crippen LogP contribution in [-0.2, 0) is 9.31 Å². The van der Waals surface area contributed by atoms with Crippen molar-refractivity contribution in [3.05, 3.63) is 22.7 Å². The second kappa shape index (κ2) is 6.15. The lowest BCUT2D eigenvalue weighted by molar-refractivity contribution is 0.00578. The molecule has 1 aliphatic rings. The fourth-order valence-corrected chi connectivity index (χ4v) is 3.71. The van der Waals surface area contributed by atoms with E-state index in [0.717, 1.165) is 15.7 Å². The Kier molecular flexibility index (Phi) is 5.13. The molecule has 0 aromatic heterocycles. The van der Waals surface area contributed by atoms with Gasteiger partial charge in [0.05, 0.1) is 11.2 Å². The molecule has 0 bridgehead atoms. The predicted molar refractivity (Wildman–Crippen MR) is 108 cm³/mol. The van der Waals surface area contributed by atoms with Gasteiger partial charge >= 0.3 is 7.12 Å². The summed E-state index contributed by atoms with van der Waals surface area (Å²) in [6, 6.07) is 6.11. The monoisotopic (exact) mass is 412 g/mol. The van der Waals surface area contributed by atoms with E-state index in [0.29, 0.717) is 0 Å². The molecule has 1 heterocycles. The Hall–Kier alpha value is -0.298. The van der Waals surface area contributed by atoms with Crippen LogP contribution in [-0.4, -0.2) is 26.6 Å². The van der Waals surface area contributed by atoms with Gasteiger partial charge in [-0.1, -0.05) is 36.7 Å². The molecule has 0 saturated carbocycles. The van der Waals surface area contributed by atoms with Crippen molar-refractivity contribution >= 4 is 36.8 Å². The van der Waals surface area contributed by atoms with Crippen molar-refractivity contribution in [3.63, 3.8) is 0 Å². The van der Waals surface area contributed by atoms with Crippen molar-refractivity contribution in [2.45, 2.75) is 77.8 Å². The highest BCUT2D eigenvalue weighted by atomic mass is 79.9. The molecule has 2 rings (SSSR count). The third-order valence-electron chi connectivity index (χ3n) is 5.60. The summed E-state index contributed by atoms with van der Waals surface area (Å²) in [5, 5.41) is 0.153. The van der Waals surface area contributed by atoms with E-state index in [1.165, 1.54) is 0 Å². The average molecular weight is 413 g/mol. The van der Waals surface area contributed by atoms with Gasteiger partial charge in [-0.25, -0.2) is 0 Å². The van der Waals surface area contributed by atoms with Crippen LogP contribution in [0, 0.1) is 0 Å². The number of rotatable bonds is 3. The van der Waals surface area contributed by atoms with Gasteiger partial charge in [0.1, 0.15) is 5.75 Å². The van der Waals surface area contributed by atoms with Crippen LogP contribution in [0.5, 0.6) is 5.75 Å². The first-order valence-corrected chi connectivity index (χ1v) is 12.2.